The van der Waals surface area contributed by atoms with Crippen molar-refractivity contribution >= 4 is 45.5 Å². The quantitative estimate of drug-likeness (QED) is 0.376. The largest absolute Gasteiger partial charge is 0.490 e. The molecule has 156 valence electrons. The van der Waals surface area contributed by atoms with E-state index < -0.39 is 17.8 Å². The molecule has 0 aliphatic carbocycles. The fourth-order valence-corrected chi connectivity index (χ4v) is 3.06. The second-order valence-electron chi connectivity index (χ2n) is 6.47. The van der Waals surface area contributed by atoms with Gasteiger partial charge in [-0.25, -0.2) is 9.69 Å². The van der Waals surface area contributed by atoms with E-state index in [0.717, 1.165) is 10.5 Å². The normalized spacial score (nSPS) is 15.4. The van der Waals surface area contributed by atoms with Crippen LogP contribution in [0.4, 0.5) is 10.5 Å². The van der Waals surface area contributed by atoms with Gasteiger partial charge in [-0.15, -0.1) is 0 Å². The van der Waals surface area contributed by atoms with Gasteiger partial charge in [-0.05, 0) is 49.8 Å². The predicted molar refractivity (Wildman–Crippen MR) is 117 cm³/mol. The Kier molecular flexibility index (Phi) is 6.89. The molecule has 0 aromatic heterocycles. The third-order valence-electron chi connectivity index (χ3n) is 4.31. The average Bonchev–Trinajstić information content (AvgIpc) is 2.72. The number of amides is 4. The fraction of sp³-hybridized carbons (Fsp3) is 0.227. The molecular weight excluding hydrogens is 452 g/mol. The number of ether oxygens (including phenoxy) is 2. The zero-order valence-electron chi connectivity index (χ0n) is 16.6. The number of halogens is 1. The summed E-state index contributed by atoms with van der Waals surface area (Å²) >= 11 is 3.31. The molecule has 2 aromatic carbocycles. The number of carbonyl (C=O) groups excluding carboxylic acids is 3. The Bertz CT molecular complexity index is 1000. The highest BCUT2D eigenvalue weighted by atomic mass is 79.9. The van der Waals surface area contributed by atoms with Crippen molar-refractivity contribution in [2.75, 3.05) is 23.4 Å². The first-order valence-electron chi connectivity index (χ1n) is 9.38. The lowest BCUT2D eigenvalue weighted by Gasteiger charge is -2.26. The van der Waals surface area contributed by atoms with Crippen LogP contribution in [-0.2, 0) is 9.59 Å². The van der Waals surface area contributed by atoms with Crippen molar-refractivity contribution in [2.24, 2.45) is 0 Å². The van der Waals surface area contributed by atoms with Crippen molar-refractivity contribution in [3.05, 3.63) is 59.2 Å². The first kappa shape index (κ1) is 21.6. The number of nitrogens with zero attached hydrogens (tertiary/aromatic N) is 1. The number of barbiturate groups is 1. The van der Waals surface area contributed by atoms with Gasteiger partial charge in [-0.1, -0.05) is 39.7 Å². The fourth-order valence-electron chi connectivity index (χ4n) is 2.90. The summed E-state index contributed by atoms with van der Waals surface area (Å²) < 4.78 is 11.2. The molecule has 0 radical (unpaired) electrons. The van der Waals surface area contributed by atoms with Crippen LogP contribution < -0.4 is 19.7 Å². The molecular formula is C22H21BrN2O5. The van der Waals surface area contributed by atoms with Gasteiger partial charge in [0.2, 0.25) is 0 Å². The van der Waals surface area contributed by atoms with Crippen molar-refractivity contribution in [3.8, 4) is 11.5 Å². The Labute approximate surface area is 182 Å². The van der Waals surface area contributed by atoms with Gasteiger partial charge in [0.05, 0.1) is 18.9 Å². The smallest absolute Gasteiger partial charge is 0.335 e. The van der Waals surface area contributed by atoms with Crippen LogP contribution in [0, 0.1) is 6.92 Å². The summed E-state index contributed by atoms with van der Waals surface area (Å²) in [5, 5.41) is 2.89. The Hall–Kier alpha value is -3.13. The monoisotopic (exact) mass is 472 g/mol. The number of carbonyl (C=O) groups is 3. The third kappa shape index (κ3) is 4.71. The zero-order valence-corrected chi connectivity index (χ0v) is 18.2. The second-order valence-corrected chi connectivity index (χ2v) is 7.26. The van der Waals surface area contributed by atoms with E-state index in [1.54, 1.807) is 42.5 Å². The Morgan fingerprint density at radius 3 is 2.43 bits per heavy atom. The molecule has 1 fully saturated rings. The van der Waals surface area contributed by atoms with E-state index in [9.17, 15) is 14.4 Å². The maximum absolute atomic E-state index is 13.0. The minimum Gasteiger partial charge on any atom is -0.490 e. The number of anilines is 1. The number of alkyl halides is 1. The third-order valence-corrected chi connectivity index (χ3v) is 4.63. The van der Waals surface area contributed by atoms with Gasteiger partial charge in [-0.2, -0.15) is 0 Å². The highest BCUT2D eigenvalue weighted by molar-refractivity contribution is 9.09. The summed E-state index contributed by atoms with van der Waals surface area (Å²) in [6.07, 6.45) is 1.43. The number of nitrogens with one attached hydrogen (secondary N) is 1. The van der Waals surface area contributed by atoms with E-state index in [4.69, 9.17) is 9.47 Å². The van der Waals surface area contributed by atoms with Gasteiger partial charge in [0.25, 0.3) is 11.8 Å². The Balaban J connectivity index is 1.95. The van der Waals surface area contributed by atoms with E-state index in [2.05, 4.69) is 21.2 Å². The lowest BCUT2D eigenvalue weighted by Crippen LogP contribution is -2.54. The molecule has 1 aliphatic heterocycles. The van der Waals surface area contributed by atoms with Gasteiger partial charge >= 0.3 is 6.03 Å². The molecule has 4 amide bonds. The number of aryl methyl sites for hydroxylation is 1. The minimum absolute atomic E-state index is 0.147. The van der Waals surface area contributed by atoms with Crippen molar-refractivity contribution in [2.45, 2.75) is 13.8 Å². The predicted octanol–water partition coefficient (Wildman–Crippen LogP) is 3.83. The number of hydrogen-bond donors (Lipinski definition) is 1. The number of hydrogen-bond acceptors (Lipinski definition) is 5. The Morgan fingerprint density at radius 1 is 1.03 bits per heavy atom. The van der Waals surface area contributed by atoms with E-state index in [1.165, 1.54) is 6.08 Å². The molecule has 0 bridgehead atoms. The molecule has 0 atom stereocenters. The highest BCUT2D eigenvalue weighted by Crippen LogP contribution is 2.30. The van der Waals surface area contributed by atoms with Crippen LogP contribution in [0.5, 0.6) is 11.5 Å². The van der Waals surface area contributed by atoms with Gasteiger partial charge in [0, 0.05) is 5.33 Å². The molecule has 1 aliphatic rings. The van der Waals surface area contributed by atoms with Crippen LogP contribution in [0.1, 0.15) is 18.1 Å². The van der Waals surface area contributed by atoms with Crippen molar-refractivity contribution in [1.29, 1.82) is 0 Å². The Morgan fingerprint density at radius 2 is 1.77 bits per heavy atom. The molecule has 1 saturated heterocycles. The maximum Gasteiger partial charge on any atom is 0.335 e. The topological polar surface area (TPSA) is 84.9 Å². The van der Waals surface area contributed by atoms with Crippen LogP contribution in [0.2, 0.25) is 0 Å². The van der Waals surface area contributed by atoms with Crippen molar-refractivity contribution in [1.82, 2.24) is 5.32 Å². The van der Waals surface area contributed by atoms with Gasteiger partial charge in [0.1, 0.15) is 5.57 Å². The SMILES string of the molecule is CCOc1cc(C=C2C(=O)NC(=O)N(c3ccc(C)cc3)C2=O)ccc1OCCBr. The summed E-state index contributed by atoms with van der Waals surface area (Å²) in [4.78, 5) is 38.6. The van der Waals surface area contributed by atoms with Crippen LogP contribution in [0.3, 0.4) is 0 Å². The van der Waals surface area contributed by atoms with Gasteiger partial charge in [-0.3, -0.25) is 14.9 Å². The number of benzene rings is 2. The second kappa shape index (κ2) is 9.58. The van der Waals surface area contributed by atoms with Crippen LogP contribution >= 0.6 is 15.9 Å². The number of rotatable bonds is 7. The molecule has 8 heteroatoms. The van der Waals surface area contributed by atoms with Crippen molar-refractivity contribution < 1.29 is 23.9 Å². The molecule has 30 heavy (non-hydrogen) atoms. The lowest BCUT2D eigenvalue weighted by atomic mass is 10.1. The first-order valence-corrected chi connectivity index (χ1v) is 10.5. The minimum atomic E-state index is -0.778. The highest BCUT2D eigenvalue weighted by Gasteiger charge is 2.36. The van der Waals surface area contributed by atoms with Gasteiger partial charge < -0.3 is 9.47 Å². The summed E-state index contributed by atoms with van der Waals surface area (Å²) in [6, 6.07) is 11.2. The number of urea groups is 1. The molecule has 7 nitrogen and oxygen atoms in total. The lowest BCUT2D eigenvalue weighted by molar-refractivity contribution is -0.122. The molecule has 0 saturated carbocycles. The average molecular weight is 473 g/mol. The van der Waals surface area contributed by atoms with E-state index >= 15 is 0 Å². The summed E-state index contributed by atoms with van der Waals surface area (Å²) in [7, 11) is 0. The molecule has 1 heterocycles. The van der Waals surface area contributed by atoms with E-state index in [1.807, 2.05) is 13.8 Å². The molecule has 0 spiro atoms. The van der Waals surface area contributed by atoms with E-state index in [0.29, 0.717) is 41.3 Å². The zero-order chi connectivity index (χ0) is 21.7. The van der Waals surface area contributed by atoms with E-state index in [-0.39, 0.29) is 5.57 Å². The van der Waals surface area contributed by atoms with Crippen LogP contribution in [0.15, 0.2) is 48.0 Å². The van der Waals surface area contributed by atoms with Crippen LogP contribution in [0.25, 0.3) is 6.08 Å². The first-order chi connectivity index (χ1) is 14.4. The maximum atomic E-state index is 13.0. The summed E-state index contributed by atoms with van der Waals surface area (Å²) in [6.45, 7) is 4.65. The molecule has 2 aromatic rings. The summed E-state index contributed by atoms with van der Waals surface area (Å²) in [5.74, 6) is -0.367. The number of imide groups is 2. The molecule has 1 N–H and O–H groups in total. The standard InChI is InChI=1S/C22H21BrN2O5/c1-3-29-19-13-15(6-9-18(19)30-11-10-23)12-17-20(26)24-22(28)25(21(17)27)16-7-4-14(2)5-8-16/h4-9,12-13H,3,10-11H2,1-2H3,(H,24,26,28). The summed E-state index contributed by atoms with van der Waals surface area (Å²) in [5.41, 5.74) is 1.80. The van der Waals surface area contributed by atoms with Crippen molar-refractivity contribution in [3.63, 3.8) is 0 Å². The molecule has 0 unspecified atom stereocenters. The van der Waals surface area contributed by atoms with Gasteiger partial charge in [0.15, 0.2) is 11.5 Å². The molecule has 3 rings (SSSR count). The van der Waals surface area contributed by atoms with Crippen LogP contribution in [-0.4, -0.2) is 36.4 Å².